The number of methoxy groups -OCH3 is 1. The molecule has 2 aliphatic rings. The predicted molar refractivity (Wildman–Crippen MR) is 174 cm³/mol. The number of benzene rings is 3. The first-order chi connectivity index (χ1) is 21.7. The monoisotopic (exact) mass is 630 g/mol. The molecule has 2 aliphatic heterocycles. The number of anilines is 3. The Kier molecular flexibility index (Phi) is 10.1. The summed E-state index contributed by atoms with van der Waals surface area (Å²) in [7, 11) is 1.46. The van der Waals surface area contributed by atoms with E-state index in [4.69, 9.17) is 14.2 Å². The van der Waals surface area contributed by atoms with Crippen molar-refractivity contribution in [1.29, 1.82) is 0 Å². The third-order valence-electron chi connectivity index (χ3n) is 7.34. The number of nitrogens with one attached hydrogen (secondary N) is 2. The molecule has 2 fully saturated rings. The van der Waals surface area contributed by atoms with Gasteiger partial charge in [-0.3, -0.25) is 24.1 Å². The third kappa shape index (κ3) is 7.83. The summed E-state index contributed by atoms with van der Waals surface area (Å²) in [5, 5.41) is 5.12. The Morgan fingerprint density at radius 3 is 2.47 bits per heavy atom. The van der Waals surface area contributed by atoms with Gasteiger partial charge in [0.1, 0.15) is 6.54 Å². The van der Waals surface area contributed by atoms with E-state index in [-0.39, 0.29) is 17.4 Å². The predicted octanol–water partition coefficient (Wildman–Crippen LogP) is 4.84. The molecule has 0 aliphatic carbocycles. The van der Waals surface area contributed by atoms with Crippen LogP contribution in [0.1, 0.15) is 16.7 Å². The summed E-state index contributed by atoms with van der Waals surface area (Å²) in [5.74, 6) is -0.688. The first-order valence-corrected chi connectivity index (χ1v) is 15.2. The minimum atomic E-state index is -0.566. The maximum Gasteiger partial charge on any atom is 0.294 e. The van der Waals surface area contributed by atoms with Gasteiger partial charge in [0, 0.05) is 18.8 Å². The molecular weight excluding hydrogens is 596 g/mol. The van der Waals surface area contributed by atoms with Gasteiger partial charge in [-0.25, -0.2) is 0 Å². The summed E-state index contributed by atoms with van der Waals surface area (Å²) in [6, 6.07) is 18.0. The van der Waals surface area contributed by atoms with Gasteiger partial charge in [0.25, 0.3) is 17.1 Å². The van der Waals surface area contributed by atoms with Gasteiger partial charge in [0.15, 0.2) is 18.1 Å². The molecular formula is C33H34N4O7S. The highest BCUT2D eigenvalue weighted by Crippen LogP contribution is 2.35. The van der Waals surface area contributed by atoms with Gasteiger partial charge in [-0.2, -0.15) is 0 Å². The quantitative estimate of drug-likeness (QED) is 0.303. The maximum absolute atomic E-state index is 13.1. The summed E-state index contributed by atoms with van der Waals surface area (Å²) >= 11 is 0.757. The summed E-state index contributed by atoms with van der Waals surface area (Å²) in [4.78, 5) is 54.4. The number of hydrogen-bond acceptors (Lipinski definition) is 9. The summed E-state index contributed by atoms with van der Waals surface area (Å²) in [6.45, 7) is 5.90. The fourth-order valence-electron chi connectivity index (χ4n) is 4.83. The molecule has 0 aromatic heterocycles. The Labute approximate surface area is 265 Å². The average molecular weight is 631 g/mol. The van der Waals surface area contributed by atoms with E-state index in [1.807, 2.05) is 50.2 Å². The zero-order chi connectivity index (χ0) is 31.9. The number of para-hydroxylation sites is 2. The van der Waals surface area contributed by atoms with E-state index in [0.29, 0.717) is 54.7 Å². The summed E-state index contributed by atoms with van der Waals surface area (Å²) < 4.78 is 16.6. The van der Waals surface area contributed by atoms with Crippen LogP contribution in [0.3, 0.4) is 0 Å². The lowest BCUT2D eigenvalue weighted by Crippen LogP contribution is -2.38. The second kappa shape index (κ2) is 14.3. The van der Waals surface area contributed by atoms with Gasteiger partial charge in [-0.05, 0) is 84.8 Å². The van der Waals surface area contributed by atoms with E-state index < -0.39 is 23.6 Å². The van der Waals surface area contributed by atoms with E-state index in [2.05, 4.69) is 15.5 Å². The second-order valence-electron chi connectivity index (χ2n) is 10.5. The molecule has 45 heavy (non-hydrogen) atoms. The number of morpholine rings is 1. The Balaban J connectivity index is 1.20. The highest BCUT2D eigenvalue weighted by atomic mass is 32.2. The van der Waals surface area contributed by atoms with Crippen LogP contribution in [0.4, 0.5) is 21.9 Å². The molecule has 4 amide bonds. The van der Waals surface area contributed by atoms with E-state index in [1.54, 1.807) is 30.3 Å². The highest BCUT2D eigenvalue weighted by molar-refractivity contribution is 8.18. The number of carbonyl (C=O) groups is 4. The minimum Gasteiger partial charge on any atom is -0.493 e. The molecule has 11 nitrogen and oxygen atoms in total. The van der Waals surface area contributed by atoms with Crippen molar-refractivity contribution in [3.8, 4) is 11.5 Å². The Morgan fingerprint density at radius 2 is 1.71 bits per heavy atom. The van der Waals surface area contributed by atoms with Gasteiger partial charge in [0.2, 0.25) is 5.91 Å². The molecule has 0 spiro atoms. The van der Waals surface area contributed by atoms with Crippen molar-refractivity contribution in [3.63, 3.8) is 0 Å². The smallest absolute Gasteiger partial charge is 0.294 e. The third-order valence-corrected chi connectivity index (χ3v) is 8.25. The molecule has 234 valence electrons. The topological polar surface area (TPSA) is 127 Å². The lowest BCUT2D eigenvalue weighted by Gasteiger charge is -2.30. The maximum atomic E-state index is 13.1. The van der Waals surface area contributed by atoms with E-state index >= 15 is 0 Å². The lowest BCUT2D eigenvalue weighted by molar-refractivity contribution is -0.127. The first kappa shape index (κ1) is 31.6. The summed E-state index contributed by atoms with van der Waals surface area (Å²) in [6.07, 6.45) is 1.55. The fraction of sp³-hybridized carbons (Fsp3) is 0.273. The van der Waals surface area contributed by atoms with Crippen LogP contribution in [0.25, 0.3) is 6.08 Å². The molecule has 0 saturated carbocycles. The number of imide groups is 1. The molecule has 0 unspecified atom stereocenters. The number of nitrogens with zero attached hydrogens (tertiary/aromatic N) is 2. The Bertz CT molecular complexity index is 1650. The number of aryl methyl sites for hydroxylation is 2. The van der Waals surface area contributed by atoms with Gasteiger partial charge >= 0.3 is 0 Å². The zero-order valence-electron chi connectivity index (χ0n) is 25.3. The minimum absolute atomic E-state index is 0.171. The van der Waals surface area contributed by atoms with Crippen LogP contribution < -0.4 is 25.0 Å². The SMILES string of the molecule is COc1cc(/C=C2/SC(=O)N(CC(=O)Nc3ccccc3N3CCOCC3)C2=O)ccc1OCC(=O)Nc1ccc(C)c(C)c1. The number of carbonyl (C=O) groups excluding carboxylic acids is 4. The Morgan fingerprint density at radius 1 is 0.933 bits per heavy atom. The van der Waals surface area contributed by atoms with Crippen LogP contribution in [0.5, 0.6) is 11.5 Å². The number of rotatable bonds is 10. The van der Waals surface area contributed by atoms with Crippen LogP contribution in [0.15, 0.2) is 65.6 Å². The second-order valence-corrected chi connectivity index (χ2v) is 11.5. The van der Waals surface area contributed by atoms with Crippen LogP contribution in [-0.2, 0) is 19.1 Å². The normalized spacial score (nSPS) is 15.8. The molecule has 2 saturated heterocycles. The number of thioether (sulfide) groups is 1. The average Bonchev–Trinajstić information content (AvgIpc) is 3.29. The summed E-state index contributed by atoms with van der Waals surface area (Å²) in [5.41, 5.74) is 4.91. The standard InChI is InChI=1S/C33H34N4O7S/c1-21-8-10-24(16-22(21)2)34-31(39)20-44-27-11-9-23(17-28(27)42-3)18-29-32(40)37(33(41)45-29)19-30(38)35-25-6-4-5-7-26(25)36-12-14-43-15-13-36/h4-11,16-18H,12-15,19-20H2,1-3H3,(H,34,39)(H,35,38)/b29-18+. The molecule has 3 aromatic rings. The first-order valence-electron chi connectivity index (χ1n) is 14.4. The van der Waals surface area contributed by atoms with Crippen LogP contribution in [-0.4, -0.2) is 74.4 Å². The molecule has 0 atom stereocenters. The van der Waals surface area contributed by atoms with Crippen molar-refractivity contribution in [2.24, 2.45) is 0 Å². The zero-order valence-corrected chi connectivity index (χ0v) is 26.1. The van der Waals surface area contributed by atoms with E-state index in [9.17, 15) is 19.2 Å². The molecule has 3 aromatic carbocycles. The number of ether oxygens (including phenoxy) is 3. The van der Waals surface area contributed by atoms with E-state index in [0.717, 1.165) is 33.5 Å². The van der Waals surface area contributed by atoms with Crippen LogP contribution in [0, 0.1) is 13.8 Å². The largest absolute Gasteiger partial charge is 0.493 e. The van der Waals surface area contributed by atoms with E-state index in [1.165, 1.54) is 7.11 Å². The van der Waals surface area contributed by atoms with Crippen molar-refractivity contribution in [2.45, 2.75) is 13.8 Å². The van der Waals surface area contributed by atoms with Crippen molar-refractivity contribution in [3.05, 3.63) is 82.3 Å². The van der Waals surface area contributed by atoms with Crippen molar-refractivity contribution < 1.29 is 33.4 Å². The van der Waals surface area contributed by atoms with Crippen LogP contribution >= 0.6 is 11.8 Å². The highest BCUT2D eigenvalue weighted by Gasteiger charge is 2.36. The molecule has 12 heteroatoms. The number of amides is 4. The molecule has 0 bridgehead atoms. The molecule has 5 rings (SSSR count). The van der Waals surface area contributed by atoms with Crippen molar-refractivity contribution in [2.75, 3.05) is 62.1 Å². The Hall–Kier alpha value is -4.81. The molecule has 0 radical (unpaired) electrons. The van der Waals surface area contributed by atoms with Gasteiger partial charge < -0.3 is 29.7 Å². The molecule has 2 N–H and O–H groups in total. The van der Waals surface area contributed by atoms with Crippen molar-refractivity contribution >= 4 is 57.9 Å². The van der Waals surface area contributed by atoms with Gasteiger partial charge in [-0.1, -0.05) is 24.3 Å². The molecule has 2 heterocycles. The fourth-order valence-corrected chi connectivity index (χ4v) is 5.67. The van der Waals surface area contributed by atoms with Crippen molar-refractivity contribution in [1.82, 2.24) is 4.90 Å². The van der Waals surface area contributed by atoms with Gasteiger partial charge in [0.05, 0.1) is 36.6 Å². The van der Waals surface area contributed by atoms with Crippen LogP contribution in [0.2, 0.25) is 0 Å². The number of hydrogen-bond donors (Lipinski definition) is 2. The lowest BCUT2D eigenvalue weighted by atomic mass is 10.1. The van der Waals surface area contributed by atoms with Gasteiger partial charge in [-0.15, -0.1) is 0 Å².